The third-order valence-electron chi connectivity index (χ3n) is 14.1. The lowest BCUT2D eigenvalue weighted by Gasteiger charge is -2.15. The van der Waals surface area contributed by atoms with Gasteiger partial charge in [0.2, 0.25) is 0 Å². The van der Waals surface area contributed by atoms with Gasteiger partial charge in [-0.1, -0.05) is 314 Å². The lowest BCUT2D eigenvalue weighted by atomic mass is 10.0. The van der Waals surface area contributed by atoms with Gasteiger partial charge in [-0.15, -0.1) is 0 Å². The number of unbranched alkanes of at least 4 members (excludes halogenated alkanes) is 28. The Morgan fingerprint density at radius 3 is 0.750 bits per heavy atom. The van der Waals surface area contributed by atoms with Gasteiger partial charge >= 0.3 is 11.9 Å². The van der Waals surface area contributed by atoms with Crippen LogP contribution in [0, 0.1) is 0 Å². The van der Waals surface area contributed by atoms with Crippen LogP contribution in [0.1, 0.15) is 296 Å². The Balaban J connectivity index is 3.51. The van der Waals surface area contributed by atoms with Crippen molar-refractivity contribution in [1.82, 2.24) is 0 Å². The molecule has 0 saturated heterocycles. The minimum absolute atomic E-state index is 0.0715. The normalized spacial score (nSPS) is 13.2. The highest BCUT2D eigenvalue weighted by atomic mass is 16.6. The molecule has 0 aromatic carbocycles. The molecule has 0 radical (unpaired) electrons. The van der Waals surface area contributed by atoms with Gasteiger partial charge in [0.15, 0.2) is 6.10 Å². The van der Waals surface area contributed by atoms with E-state index in [1.54, 1.807) is 0 Å². The molecule has 5 heteroatoms. The van der Waals surface area contributed by atoms with Crippen LogP contribution in [0.4, 0.5) is 0 Å². The highest BCUT2D eigenvalue weighted by Gasteiger charge is 2.16. The van der Waals surface area contributed by atoms with Gasteiger partial charge in [0.25, 0.3) is 0 Å². The van der Waals surface area contributed by atoms with Gasteiger partial charge in [0.1, 0.15) is 6.61 Å². The van der Waals surface area contributed by atoms with E-state index in [0.29, 0.717) is 12.8 Å². The number of aliphatic hydroxyl groups is 1. The molecule has 0 aromatic rings. The summed E-state index contributed by atoms with van der Waals surface area (Å²) in [4.78, 5) is 24.6. The van der Waals surface area contributed by atoms with E-state index in [0.717, 1.165) is 116 Å². The van der Waals surface area contributed by atoms with Crippen molar-refractivity contribution in [3.63, 3.8) is 0 Å². The van der Waals surface area contributed by atoms with E-state index in [1.807, 2.05) is 0 Å². The second-order valence-electron chi connectivity index (χ2n) is 21.8. The Hall–Kier alpha value is -4.22. The monoisotopic (exact) mass is 1100 g/mol. The molecule has 80 heavy (non-hydrogen) atoms. The summed E-state index contributed by atoms with van der Waals surface area (Å²) >= 11 is 0. The molecule has 0 rings (SSSR count). The van der Waals surface area contributed by atoms with Crippen molar-refractivity contribution in [2.75, 3.05) is 13.2 Å². The zero-order valence-corrected chi connectivity index (χ0v) is 52.0. The molecule has 1 atom stereocenters. The molecule has 454 valence electrons. The van der Waals surface area contributed by atoms with Crippen molar-refractivity contribution in [3.05, 3.63) is 146 Å². The predicted octanol–water partition coefficient (Wildman–Crippen LogP) is 23.3. The van der Waals surface area contributed by atoms with Crippen molar-refractivity contribution in [2.24, 2.45) is 0 Å². The number of hydrogen-bond donors (Lipinski definition) is 1. The minimum atomic E-state index is -0.783. The highest BCUT2D eigenvalue weighted by molar-refractivity contribution is 5.70. The van der Waals surface area contributed by atoms with E-state index >= 15 is 0 Å². The van der Waals surface area contributed by atoms with Crippen LogP contribution in [0.5, 0.6) is 0 Å². The summed E-state index contributed by atoms with van der Waals surface area (Å²) in [6.07, 6.45) is 104. The predicted molar refractivity (Wildman–Crippen MR) is 352 cm³/mol. The van der Waals surface area contributed by atoms with Crippen LogP contribution in [-0.4, -0.2) is 36.4 Å². The van der Waals surface area contributed by atoms with E-state index < -0.39 is 6.10 Å². The fourth-order valence-corrected chi connectivity index (χ4v) is 9.21. The van der Waals surface area contributed by atoms with Crippen molar-refractivity contribution in [1.29, 1.82) is 0 Å². The molecule has 0 heterocycles. The Morgan fingerprint density at radius 1 is 0.287 bits per heavy atom. The standard InChI is InChI=1S/C75H124O5/c1-3-5-7-9-11-13-15-17-19-21-23-25-27-29-31-33-34-35-36-37-38-39-40-42-44-46-48-50-52-54-56-58-60-62-64-66-68-70-75(78)80-73(71-76)72-79-74(77)69-67-65-63-61-59-57-55-53-51-49-47-45-43-41-32-30-28-26-24-22-20-18-16-14-12-10-8-6-4-2/h5-8,11-14,17-20,23-26,29,31,34-35,37-38,40,42,73,76H,3-4,9-10,15-16,21-22,27-28,30,32-33,36,39,41,43-72H2,1-2H3/b7-5-,8-6-,13-11-,14-12-,19-17-,20-18-,25-23-,26-24-,31-29-,35-34-,38-37-,42-40-. The van der Waals surface area contributed by atoms with Crippen LogP contribution in [0.3, 0.4) is 0 Å². The summed E-state index contributed by atoms with van der Waals surface area (Å²) in [5.74, 6) is -0.591. The number of ether oxygens (including phenoxy) is 2. The van der Waals surface area contributed by atoms with Crippen LogP contribution in [0.2, 0.25) is 0 Å². The second kappa shape index (κ2) is 69.1. The largest absolute Gasteiger partial charge is 0.462 e. The topological polar surface area (TPSA) is 72.8 Å². The van der Waals surface area contributed by atoms with Crippen molar-refractivity contribution in [3.8, 4) is 0 Å². The summed E-state index contributed by atoms with van der Waals surface area (Å²) in [6.45, 7) is 3.93. The molecule has 0 spiro atoms. The van der Waals surface area contributed by atoms with Gasteiger partial charge in [0, 0.05) is 12.8 Å². The molecule has 0 bridgehead atoms. The number of carbonyl (C=O) groups excluding carboxylic acids is 2. The zero-order valence-electron chi connectivity index (χ0n) is 52.0. The van der Waals surface area contributed by atoms with Gasteiger partial charge in [-0.2, -0.15) is 0 Å². The molecule has 5 nitrogen and oxygen atoms in total. The Bertz CT molecular complexity index is 1680. The molecule has 1 unspecified atom stereocenters. The zero-order chi connectivity index (χ0) is 57.6. The number of carbonyl (C=O) groups is 2. The van der Waals surface area contributed by atoms with Crippen LogP contribution in [0.25, 0.3) is 0 Å². The van der Waals surface area contributed by atoms with Gasteiger partial charge in [-0.3, -0.25) is 9.59 Å². The highest BCUT2D eigenvalue weighted by Crippen LogP contribution is 2.17. The van der Waals surface area contributed by atoms with Crippen LogP contribution >= 0.6 is 0 Å². The number of esters is 2. The third-order valence-corrected chi connectivity index (χ3v) is 14.1. The van der Waals surface area contributed by atoms with Gasteiger partial charge in [0.05, 0.1) is 6.61 Å². The van der Waals surface area contributed by atoms with Gasteiger partial charge in [-0.05, 0) is 116 Å². The van der Waals surface area contributed by atoms with E-state index in [4.69, 9.17) is 9.47 Å². The van der Waals surface area contributed by atoms with Crippen molar-refractivity contribution < 1.29 is 24.2 Å². The Kier molecular flexibility index (Phi) is 65.4. The number of allylic oxidation sites excluding steroid dienone is 24. The molecular weight excluding hydrogens is 981 g/mol. The lowest BCUT2D eigenvalue weighted by Crippen LogP contribution is -2.28. The molecule has 0 amide bonds. The van der Waals surface area contributed by atoms with E-state index in [2.05, 4.69) is 160 Å². The van der Waals surface area contributed by atoms with Gasteiger partial charge in [-0.25, -0.2) is 0 Å². The number of aliphatic hydroxyl groups excluding tert-OH is 1. The fraction of sp³-hybridized carbons (Fsp3) is 0.653. The fourth-order valence-electron chi connectivity index (χ4n) is 9.21. The van der Waals surface area contributed by atoms with E-state index in [1.165, 1.54) is 154 Å². The lowest BCUT2D eigenvalue weighted by molar-refractivity contribution is -0.161. The van der Waals surface area contributed by atoms with Crippen LogP contribution in [0.15, 0.2) is 146 Å². The maximum Gasteiger partial charge on any atom is 0.306 e. The summed E-state index contributed by atoms with van der Waals surface area (Å²) in [7, 11) is 0. The first-order valence-electron chi connectivity index (χ1n) is 33.4. The first-order chi connectivity index (χ1) is 39.6. The maximum absolute atomic E-state index is 12.4. The van der Waals surface area contributed by atoms with E-state index in [-0.39, 0.29) is 25.2 Å². The molecule has 0 fully saturated rings. The number of hydrogen-bond acceptors (Lipinski definition) is 5. The SMILES string of the molecule is CC/C=C\C/C=C\C/C=C\C/C=C\C/C=C\C/C=C\C/C=C\C/C=C\CCCCCCCCCCCCCCC(=O)OC(CO)COC(=O)CCCCCCCCCCCCCCCCCC/C=C\C/C=C\C/C=C\C/C=C\CC. The molecule has 1 N–H and O–H groups in total. The first-order valence-corrected chi connectivity index (χ1v) is 33.4. The van der Waals surface area contributed by atoms with Crippen molar-refractivity contribution >= 4 is 11.9 Å². The van der Waals surface area contributed by atoms with E-state index in [9.17, 15) is 14.7 Å². The Labute approximate surface area is 495 Å². The third kappa shape index (κ3) is 66.3. The molecule has 0 saturated carbocycles. The Morgan fingerprint density at radius 2 is 0.500 bits per heavy atom. The minimum Gasteiger partial charge on any atom is -0.462 e. The van der Waals surface area contributed by atoms with Gasteiger partial charge < -0.3 is 14.6 Å². The second-order valence-corrected chi connectivity index (χ2v) is 21.8. The molecule has 0 aliphatic carbocycles. The smallest absolute Gasteiger partial charge is 0.306 e. The van der Waals surface area contributed by atoms with Crippen molar-refractivity contribution in [2.45, 2.75) is 302 Å². The molecule has 0 aromatic heterocycles. The van der Waals surface area contributed by atoms with Crippen LogP contribution < -0.4 is 0 Å². The summed E-state index contributed by atoms with van der Waals surface area (Å²) in [5.41, 5.74) is 0. The average Bonchev–Trinajstić information content (AvgIpc) is 3.46. The quantitative estimate of drug-likeness (QED) is 0.0373. The summed E-state index contributed by atoms with van der Waals surface area (Å²) in [6, 6.07) is 0. The maximum atomic E-state index is 12.4. The first kappa shape index (κ1) is 75.8. The molecule has 0 aliphatic rings. The van der Waals surface area contributed by atoms with Crippen LogP contribution in [-0.2, 0) is 19.1 Å². The molecule has 0 aliphatic heterocycles. The average molecular weight is 1110 g/mol. The summed E-state index contributed by atoms with van der Waals surface area (Å²) in [5, 5.41) is 9.70. The number of rotatable bonds is 60. The summed E-state index contributed by atoms with van der Waals surface area (Å²) < 4.78 is 10.7. The molecular formula is C75H124O5.